The van der Waals surface area contributed by atoms with Crippen LogP contribution in [0.3, 0.4) is 0 Å². The van der Waals surface area contributed by atoms with Gasteiger partial charge in [0.1, 0.15) is 17.2 Å². The Balaban J connectivity index is 3.04. The quantitative estimate of drug-likeness (QED) is 0.702. The number of hydrogen-bond acceptors (Lipinski definition) is 2. The van der Waals surface area contributed by atoms with Gasteiger partial charge >= 0.3 is 0 Å². The van der Waals surface area contributed by atoms with Gasteiger partial charge in [0, 0.05) is 6.07 Å². The van der Waals surface area contributed by atoms with Crippen molar-refractivity contribution in [3.63, 3.8) is 0 Å². The molecule has 0 aliphatic carbocycles. The average molecular weight is 197 g/mol. The molecule has 0 aliphatic heterocycles. The fourth-order valence-corrected chi connectivity index (χ4v) is 1.10. The van der Waals surface area contributed by atoms with E-state index in [2.05, 4.69) is 0 Å². The molecule has 0 saturated heterocycles. The van der Waals surface area contributed by atoms with E-state index in [9.17, 15) is 4.39 Å². The summed E-state index contributed by atoms with van der Waals surface area (Å²) in [6.07, 6.45) is 0. The summed E-state index contributed by atoms with van der Waals surface area (Å²) in [7, 11) is 0. The number of rotatable bonds is 1. The Morgan fingerprint density at radius 1 is 1.29 bits per heavy atom. The molecule has 14 heavy (non-hydrogen) atoms. The van der Waals surface area contributed by atoms with Crippen molar-refractivity contribution >= 4 is 5.69 Å². The Labute approximate surface area is 83.9 Å². The predicted octanol–water partition coefficient (Wildman–Crippen LogP) is 2.89. The molecule has 0 spiro atoms. The SMILES string of the molecule is Cc1cc(N)c(OC(C)(C)C)cc1F. The highest BCUT2D eigenvalue weighted by Gasteiger charge is 2.15. The van der Waals surface area contributed by atoms with Gasteiger partial charge < -0.3 is 10.5 Å². The summed E-state index contributed by atoms with van der Waals surface area (Å²) in [5.74, 6) is 0.110. The Hall–Kier alpha value is -1.25. The maximum absolute atomic E-state index is 13.2. The lowest BCUT2D eigenvalue weighted by atomic mass is 10.1. The van der Waals surface area contributed by atoms with Gasteiger partial charge in [-0.2, -0.15) is 0 Å². The van der Waals surface area contributed by atoms with Crippen molar-refractivity contribution in [1.29, 1.82) is 0 Å². The van der Waals surface area contributed by atoms with Crippen LogP contribution in [0.5, 0.6) is 5.75 Å². The van der Waals surface area contributed by atoms with Crippen molar-refractivity contribution in [3.05, 3.63) is 23.5 Å². The maximum Gasteiger partial charge on any atom is 0.145 e. The molecule has 0 atom stereocenters. The lowest BCUT2D eigenvalue weighted by Gasteiger charge is -2.22. The summed E-state index contributed by atoms with van der Waals surface area (Å²) in [6.45, 7) is 7.35. The normalized spacial score (nSPS) is 11.5. The van der Waals surface area contributed by atoms with E-state index in [4.69, 9.17) is 10.5 Å². The van der Waals surface area contributed by atoms with Gasteiger partial charge in [0.15, 0.2) is 0 Å². The third kappa shape index (κ3) is 2.62. The summed E-state index contributed by atoms with van der Waals surface area (Å²) in [6, 6.07) is 2.91. The van der Waals surface area contributed by atoms with Gasteiger partial charge in [0.25, 0.3) is 0 Å². The van der Waals surface area contributed by atoms with Gasteiger partial charge in [-0.05, 0) is 39.3 Å². The molecule has 0 aromatic heterocycles. The smallest absolute Gasteiger partial charge is 0.145 e. The molecule has 0 aliphatic rings. The zero-order valence-electron chi connectivity index (χ0n) is 9.02. The van der Waals surface area contributed by atoms with Crippen molar-refractivity contribution in [1.82, 2.24) is 0 Å². The second-order valence-electron chi connectivity index (χ2n) is 4.35. The molecule has 1 rings (SSSR count). The first-order valence-electron chi connectivity index (χ1n) is 4.54. The summed E-state index contributed by atoms with van der Waals surface area (Å²) in [4.78, 5) is 0. The minimum atomic E-state index is -0.365. The predicted molar refractivity (Wildman–Crippen MR) is 55.9 cm³/mol. The van der Waals surface area contributed by atoms with Crippen molar-refractivity contribution in [2.45, 2.75) is 33.3 Å². The van der Waals surface area contributed by atoms with Gasteiger partial charge in [-0.3, -0.25) is 0 Å². The first-order valence-corrected chi connectivity index (χ1v) is 4.54. The van der Waals surface area contributed by atoms with Crippen LogP contribution in [-0.2, 0) is 0 Å². The molecule has 78 valence electrons. The second kappa shape index (κ2) is 3.48. The van der Waals surface area contributed by atoms with Crippen molar-refractivity contribution < 1.29 is 9.13 Å². The molecule has 0 amide bonds. The number of nitrogens with two attached hydrogens (primary N) is 1. The third-order valence-corrected chi connectivity index (χ3v) is 1.71. The van der Waals surface area contributed by atoms with Crippen molar-refractivity contribution in [3.8, 4) is 5.75 Å². The van der Waals surface area contributed by atoms with Crippen LogP contribution in [0.1, 0.15) is 26.3 Å². The highest BCUT2D eigenvalue weighted by atomic mass is 19.1. The van der Waals surface area contributed by atoms with Gasteiger partial charge in [0.05, 0.1) is 5.69 Å². The maximum atomic E-state index is 13.2. The Morgan fingerprint density at radius 3 is 2.36 bits per heavy atom. The van der Waals surface area contributed by atoms with Crippen molar-refractivity contribution in [2.75, 3.05) is 5.73 Å². The van der Waals surface area contributed by atoms with Crippen LogP contribution >= 0.6 is 0 Å². The number of nitrogen functional groups attached to an aromatic ring is 1. The third-order valence-electron chi connectivity index (χ3n) is 1.71. The van der Waals surface area contributed by atoms with Crippen LogP contribution in [0.15, 0.2) is 12.1 Å². The van der Waals surface area contributed by atoms with Crippen LogP contribution < -0.4 is 10.5 Å². The summed E-state index contributed by atoms with van der Waals surface area (Å²) < 4.78 is 18.7. The molecule has 0 fully saturated rings. The monoisotopic (exact) mass is 197 g/mol. The topological polar surface area (TPSA) is 35.2 Å². The molecule has 3 heteroatoms. The number of hydrogen-bond donors (Lipinski definition) is 1. The molecule has 0 unspecified atom stereocenters. The molecule has 0 bridgehead atoms. The first kappa shape index (κ1) is 10.8. The van der Waals surface area contributed by atoms with E-state index in [0.29, 0.717) is 17.0 Å². The largest absolute Gasteiger partial charge is 0.486 e. The minimum absolute atomic E-state index is 0.293. The van der Waals surface area contributed by atoms with Crippen LogP contribution in [0.2, 0.25) is 0 Å². The van der Waals surface area contributed by atoms with E-state index in [0.717, 1.165) is 0 Å². The number of aryl methyl sites for hydroxylation is 1. The lowest BCUT2D eigenvalue weighted by Crippen LogP contribution is -2.23. The molecule has 2 N–H and O–H groups in total. The van der Waals surface area contributed by atoms with Gasteiger partial charge in [-0.1, -0.05) is 0 Å². The number of anilines is 1. The Bertz CT molecular complexity index is 342. The zero-order chi connectivity index (χ0) is 10.9. The van der Waals surface area contributed by atoms with E-state index >= 15 is 0 Å². The zero-order valence-corrected chi connectivity index (χ0v) is 9.02. The molecule has 0 heterocycles. The number of ether oxygens (including phenoxy) is 1. The Morgan fingerprint density at radius 2 is 1.86 bits per heavy atom. The molecule has 2 nitrogen and oxygen atoms in total. The number of benzene rings is 1. The number of halogens is 1. The lowest BCUT2D eigenvalue weighted by molar-refractivity contribution is 0.131. The molecule has 0 saturated carbocycles. The van der Waals surface area contributed by atoms with Gasteiger partial charge in [-0.15, -0.1) is 0 Å². The Kier molecular flexibility index (Phi) is 2.69. The molecular weight excluding hydrogens is 181 g/mol. The summed E-state index contributed by atoms with van der Waals surface area (Å²) >= 11 is 0. The highest BCUT2D eigenvalue weighted by Crippen LogP contribution is 2.28. The van der Waals surface area contributed by atoms with E-state index in [1.807, 2.05) is 20.8 Å². The van der Waals surface area contributed by atoms with Crippen molar-refractivity contribution in [2.24, 2.45) is 0 Å². The van der Waals surface area contributed by atoms with Crippen LogP contribution in [0, 0.1) is 12.7 Å². The minimum Gasteiger partial charge on any atom is -0.486 e. The average Bonchev–Trinajstić information content (AvgIpc) is 1.97. The summed E-state index contributed by atoms with van der Waals surface area (Å²) in [5.41, 5.74) is 6.34. The van der Waals surface area contributed by atoms with Crippen LogP contribution in [0.25, 0.3) is 0 Å². The van der Waals surface area contributed by atoms with E-state index in [-0.39, 0.29) is 11.4 Å². The standard InChI is InChI=1S/C11H16FNO/c1-7-5-9(13)10(6-8(7)12)14-11(2,3)4/h5-6H,13H2,1-4H3. The molecule has 1 aromatic rings. The first-order chi connectivity index (χ1) is 6.29. The second-order valence-corrected chi connectivity index (χ2v) is 4.35. The molecular formula is C11H16FNO. The van der Waals surface area contributed by atoms with E-state index in [1.54, 1.807) is 13.0 Å². The molecule has 1 aromatic carbocycles. The van der Waals surface area contributed by atoms with Gasteiger partial charge in [-0.25, -0.2) is 4.39 Å². The highest BCUT2D eigenvalue weighted by molar-refractivity contribution is 5.54. The fourth-order valence-electron chi connectivity index (χ4n) is 1.10. The van der Waals surface area contributed by atoms with Gasteiger partial charge in [0.2, 0.25) is 0 Å². The van der Waals surface area contributed by atoms with E-state index in [1.165, 1.54) is 6.07 Å². The van der Waals surface area contributed by atoms with Crippen LogP contribution in [0.4, 0.5) is 10.1 Å². The van der Waals surface area contributed by atoms with Crippen LogP contribution in [-0.4, -0.2) is 5.60 Å². The summed E-state index contributed by atoms with van der Waals surface area (Å²) in [5, 5.41) is 0. The van der Waals surface area contributed by atoms with E-state index < -0.39 is 0 Å². The fraction of sp³-hybridized carbons (Fsp3) is 0.455. The molecule has 0 radical (unpaired) electrons.